The van der Waals surface area contributed by atoms with Gasteiger partial charge in [0.25, 0.3) is 0 Å². The number of hydrogen-bond acceptors (Lipinski definition) is 5. The van der Waals surface area contributed by atoms with E-state index < -0.39 is 0 Å². The molecular weight excluding hydrogens is 266 g/mol. The van der Waals surface area contributed by atoms with Crippen LogP contribution < -0.4 is 5.73 Å². The van der Waals surface area contributed by atoms with Crippen LogP contribution in [-0.2, 0) is 11.3 Å². The Kier molecular flexibility index (Phi) is 3.06. The molecule has 0 aromatic carbocycles. The number of nitrogens with zero attached hydrogens (tertiary/aromatic N) is 4. The average Bonchev–Trinajstić information content (AvgIpc) is 3.07. The van der Waals surface area contributed by atoms with Gasteiger partial charge in [-0.05, 0) is 25.7 Å². The Morgan fingerprint density at radius 1 is 1.19 bits per heavy atom. The van der Waals surface area contributed by atoms with Crippen LogP contribution in [0, 0.1) is 0 Å². The zero-order chi connectivity index (χ0) is 14.3. The van der Waals surface area contributed by atoms with Gasteiger partial charge in [0.15, 0.2) is 11.5 Å². The second-order valence-corrected chi connectivity index (χ2v) is 6.35. The molecule has 2 aromatic rings. The summed E-state index contributed by atoms with van der Waals surface area (Å²) in [5, 5.41) is 0. The maximum atomic E-state index is 6.42. The number of ether oxygens (including phenoxy) is 1. The predicted molar refractivity (Wildman–Crippen MR) is 79.7 cm³/mol. The van der Waals surface area contributed by atoms with Crippen molar-refractivity contribution in [1.29, 1.82) is 0 Å². The van der Waals surface area contributed by atoms with Crippen LogP contribution in [0.15, 0.2) is 12.7 Å². The van der Waals surface area contributed by atoms with E-state index in [1.54, 1.807) is 6.33 Å². The molecule has 4 rings (SSSR count). The molecule has 112 valence electrons. The van der Waals surface area contributed by atoms with Gasteiger partial charge in [-0.3, -0.25) is 0 Å². The third-order valence-corrected chi connectivity index (χ3v) is 4.93. The van der Waals surface area contributed by atoms with Gasteiger partial charge in [-0.1, -0.05) is 19.3 Å². The zero-order valence-electron chi connectivity index (χ0n) is 12.2. The standard InChI is InChI=1S/C15H21N5O/c16-13-12-14(18-9-17-13)20(10-19-12)8-11-4-7-15(21-11)5-2-1-3-6-15/h9-11H,1-8H2,(H2,16,17,18). The van der Waals surface area contributed by atoms with Crippen LogP contribution in [0.3, 0.4) is 0 Å². The molecule has 1 saturated carbocycles. The summed E-state index contributed by atoms with van der Waals surface area (Å²) < 4.78 is 8.46. The van der Waals surface area contributed by atoms with Gasteiger partial charge in [-0.15, -0.1) is 0 Å². The molecule has 2 aromatic heterocycles. The molecule has 21 heavy (non-hydrogen) atoms. The fourth-order valence-corrected chi connectivity index (χ4v) is 3.84. The van der Waals surface area contributed by atoms with E-state index in [1.165, 1.54) is 44.9 Å². The number of anilines is 1. The van der Waals surface area contributed by atoms with Gasteiger partial charge in [0.2, 0.25) is 0 Å². The Labute approximate surface area is 123 Å². The molecule has 0 radical (unpaired) electrons. The highest BCUT2D eigenvalue weighted by atomic mass is 16.5. The minimum absolute atomic E-state index is 0.160. The van der Waals surface area contributed by atoms with Crippen molar-refractivity contribution in [3.63, 3.8) is 0 Å². The summed E-state index contributed by atoms with van der Waals surface area (Å²) in [5.41, 5.74) is 7.48. The Balaban J connectivity index is 1.52. The van der Waals surface area contributed by atoms with Gasteiger partial charge < -0.3 is 15.0 Å². The molecule has 0 amide bonds. The van der Waals surface area contributed by atoms with Crippen molar-refractivity contribution < 1.29 is 4.74 Å². The first-order chi connectivity index (χ1) is 10.3. The highest BCUT2D eigenvalue weighted by molar-refractivity contribution is 5.81. The van der Waals surface area contributed by atoms with E-state index in [4.69, 9.17) is 10.5 Å². The summed E-state index contributed by atoms with van der Waals surface area (Å²) >= 11 is 0. The first kappa shape index (κ1) is 13.0. The van der Waals surface area contributed by atoms with Crippen LogP contribution in [0.25, 0.3) is 11.2 Å². The normalized spacial score (nSPS) is 24.9. The second kappa shape index (κ2) is 4.94. The summed E-state index contributed by atoms with van der Waals surface area (Å²) in [6, 6.07) is 0. The fraction of sp³-hybridized carbons (Fsp3) is 0.667. The molecule has 1 unspecified atom stereocenters. The van der Waals surface area contributed by atoms with E-state index in [0.717, 1.165) is 18.6 Å². The molecule has 1 aliphatic heterocycles. The van der Waals surface area contributed by atoms with E-state index in [1.807, 2.05) is 4.57 Å². The van der Waals surface area contributed by atoms with Crippen LogP contribution in [-0.4, -0.2) is 31.2 Å². The van der Waals surface area contributed by atoms with Crippen molar-refractivity contribution in [3.05, 3.63) is 12.7 Å². The molecule has 3 heterocycles. The topological polar surface area (TPSA) is 78.9 Å². The summed E-state index contributed by atoms with van der Waals surface area (Å²) in [5.74, 6) is 0.440. The van der Waals surface area contributed by atoms with Gasteiger partial charge in [0, 0.05) is 0 Å². The lowest BCUT2D eigenvalue weighted by Crippen LogP contribution is -2.32. The number of fused-ring (bicyclic) bond motifs is 1. The molecule has 1 spiro atoms. The summed E-state index contributed by atoms with van der Waals surface area (Å²) in [7, 11) is 0. The predicted octanol–water partition coefficient (Wildman–Crippen LogP) is 2.29. The van der Waals surface area contributed by atoms with E-state index in [-0.39, 0.29) is 11.7 Å². The molecule has 1 saturated heterocycles. The minimum Gasteiger partial charge on any atom is -0.382 e. The Morgan fingerprint density at radius 2 is 2.05 bits per heavy atom. The van der Waals surface area contributed by atoms with Crippen LogP contribution >= 0.6 is 0 Å². The van der Waals surface area contributed by atoms with Crippen molar-refractivity contribution in [2.75, 3.05) is 5.73 Å². The molecule has 2 N–H and O–H groups in total. The van der Waals surface area contributed by atoms with E-state index >= 15 is 0 Å². The average molecular weight is 287 g/mol. The summed E-state index contributed by atoms with van der Waals surface area (Å²) in [6.45, 7) is 0.800. The van der Waals surface area contributed by atoms with Crippen molar-refractivity contribution in [2.24, 2.45) is 0 Å². The Morgan fingerprint density at radius 3 is 2.90 bits per heavy atom. The number of imidazole rings is 1. The van der Waals surface area contributed by atoms with Crippen molar-refractivity contribution >= 4 is 17.0 Å². The highest BCUT2D eigenvalue weighted by Gasteiger charge is 2.40. The quantitative estimate of drug-likeness (QED) is 0.916. The first-order valence-electron chi connectivity index (χ1n) is 7.85. The SMILES string of the molecule is Nc1ncnc2c1ncn2CC1CCC2(CCCCC2)O1. The summed E-state index contributed by atoms with van der Waals surface area (Å²) in [4.78, 5) is 12.6. The molecule has 1 aliphatic carbocycles. The number of nitrogen functional groups attached to an aromatic ring is 1. The molecule has 2 fully saturated rings. The molecule has 0 bridgehead atoms. The molecule has 6 heteroatoms. The van der Waals surface area contributed by atoms with Crippen molar-refractivity contribution in [3.8, 4) is 0 Å². The van der Waals surface area contributed by atoms with Crippen LogP contribution in [0.2, 0.25) is 0 Å². The lowest BCUT2D eigenvalue weighted by Gasteiger charge is -2.33. The van der Waals surface area contributed by atoms with Gasteiger partial charge in [-0.25, -0.2) is 15.0 Å². The maximum absolute atomic E-state index is 6.42. The van der Waals surface area contributed by atoms with Crippen LogP contribution in [0.4, 0.5) is 5.82 Å². The lowest BCUT2D eigenvalue weighted by molar-refractivity contribution is -0.0677. The van der Waals surface area contributed by atoms with Crippen LogP contribution in [0.1, 0.15) is 44.9 Å². The van der Waals surface area contributed by atoms with E-state index in [2.05, 4.69) is 15.0 Å². The van der Waals surface area contributed by atoms with Crippen LogP contribution in [0.5, 0.6) is 0 Å². The van der Waals surface area contributed by atoms with E-state index in [0.29, 0.717) is 11.3 Å². The van der Waals surface area contributed by atoms with E-state index in [9.17, 15) is 0 Å². The Hall–Kier alpha value is -1.69. The van der Waals surface area contributed by atoms with Crippen molar-refractivity contribution in [1.82, 2.24) is 19.5 Å². The maximum Gasteiger partial charge on any atom is 0.165 e. The molecular formula is C15H21N5O. The summed E-state index contributed by atoms with van der Waals surface area (Å²) in [6.07, 6.45) is 12.3. The third-order valence-electron chi connectivity index (χ3n) is 4.93. The number of aromatic nitrogens is 4. The monoisotopic (exact) mass is 287 g/mol. The third kappa shape index (κ3) is 2.27. The first-order valence-corrected chi connectivity index (χ1v) is 7.85. The largest absolute Gasteiger partial charge is 0.382 e. The van der Waals surface area contributed by atoms with Gasteiger partial charge in [0.05, 0.1) is 24.6 Å². The van der Waals surface area contributed by atoms with Gasteiger partial charge in [-0.2, -0.15) is 0 Å². The van der Waals surface area contributed by atoms with Gasteiger partial charge >= 0.3 is 0 Å². The highest BCUT2D eigenvalue weighted by Crippen LogP contribution is 2.42. The minimum atomic E-state index is 0.160. The second-order valence-electron chi connectivity index (χ2n) is 6.35. The lowest BCUT2D eigenvalue weighted by atomic mass is 9.83. The smallest absolute Gasteiger partial charge is 0.165 e. The Bertz CT molecular complexity index is 647. The molecule has 6 nitrogen and oxygen atoms in total. The number of rotatable bonds is 2. The number of hydrogen-bond donors (Lipinski definition) is 1. The molecule has 1 atom stereocenters. The molecule has 2 aliphatic rings. The van der Waals surface area contributed by atoms with Gasteiger partial charge in [0.1, 0.15) is 11.8 Å². The fourth-order valence-electron chi connectivity index (χ4n) is 3.84. The zero-order valence-corrected chi connectivity index (χ0v) is 12.2. The van der Waals surface area contributed by atoms with Crippen molar-refractivity contribution in [2.45, 2.75) is 63.2 Å². The number of nitrogens with two attached hydrogens (primary N) is 1.